The van der Waals surface area contributed by atoms with Crippen LogP contribution in [0.1, 0.15) is 52.7 Å². The number of hydrogen-bond acceptors (Lipinski definition) is 3. The maximum atomic E-state index is 12.4. The minimum atomic E-state index is -0.567. The SMILES string of the molecule is COc1ccc(NC(=O)Oc2cc(C(C)(C)C)cc(C(C)(C)C)c2)cc1Cl. The average molecular weight is 390 g/mol. The fourth-order valence-electron chi connectivity index (χ4n) is 2.52. The minimum Gasteiger partial charge on any atom is -0.495 e. The summed E-state index contributed by atoms with van der Waals surface area (Å²) in [4.78, 5) is 12.4. The van der Waals surface area contributed by atoms with Crippen LogP contribution in [0.3, 0.4) is 0 Å². The van der Waals surface area contributed by atoms with E-state index in [1.165, 1.54) is 7.11 Å². The number of ether oxygens (including phenoxy) is 2. The third kappa shape index (κ3) is 5.64. The van der Waals surface area contributed by atoms with Crippen LogP contribution >= 0.6 is 11.6 Å². The lowest BCUT2D eigenvalue weighted by Crippen LogP contribution is -2.20. The Morgan fingerprint density at radius 2 is 1.48 bits per heavy atom. The molecule has 0 radical (unpaired) electrons. The third-order valence-electron chi connectivity index (χ3n) is 4.25. The first-order valence-electron chi connectivity index (χ1n) is 8.88. The van der Waals surface area contributed by atoms with Crippen LogP contribution in [0.25, 0.3) is 0 Å². The van der Waals surface area contributed by atoms with Crippen molar-refractivity contribution in [3.05, 3.63) is 52.5 Å². The molecule has 0 heterocycles. The summed E-state index contributed by atoms with van der Waals surface area (Å²) in [6, 6.07) is 11.0. The highest BCUT2D eigenvalue weighted by molar-refractivity contribution is 6.32. The van der Waals surface area contributed by atoms with Crippen LogP contribution in [0.15, 0.2) is 36.4 Å². The molecule has 0 saturated heterocycles. The van der Waals surface area contributed by atoms with Crippen LogP contribution in [0.2, 0.25) is 5.02 Å². The van der Waals surface area contributed by atoms with Gasteiger partial charge in [0.25, 0.3) is 0 Å². The predicted octanol–water partition coefficient (Wildman–Crippen LogP) is 6.55. The number of hydrogen-bond donors (Lipinski definition) is 1. The summed E-state index contributed by atoms with van der Waals surface area (Å²) in [6.07, 6.45) is -0.567. The molecule has 0 spiro atoms. The van der Waals surface area contributed by atoms with E-state index in [0.717, 1.165) is 11.1 Å². The molecule has 0 aromatic heterocycles. The van der Waals surface area contributed by atoms with E-state index in [-0.39, 0.29) is 10.8 Å². The van der Waals surface area contributed by atoms with Gasteiger partial charge in [-0.1, -0.05) is 59.2 Å². The molecule has 0 unspecified atom stereocenters. The van der Waals surface area contributed by atoms with Gasteiger partial charge in [0.05, 0.1) is 12.1 Å². The van der Waals surface area contributed by atoms with Gasteiger partial charge in [0.2, 0.25) is 0 Å². The summed E-state index contributed by atoms with van der Waals surface area (Å²) < 4.78 is 10.7. The Bertz CT molecular complexity index is 800. The number of rotatable bonds is 3. The third-order valence-corrected chi connectivity index (χ3v) is 4.54. The number of methoxy groups -OCH3 is 1. The predicted molar refractivity (Wildman–Crippen MR) is 111 cm³/mol. The summed E-state index contributed by atoms with van der Waals surface area (Å²) in [6.45, 7) is 12.8. The summed E-state index contributed by atoms with van der Waals surface area (Å²) in [7, 11) is 1.54. The van der Waals surface area contributed by atoms with Gasteiger partial charge >= 0.3 is 6.09 Å². The zero-order valence-corrected chi connectivity index (χ0v) is 17.8. The fraction of sp³-hybridized carbons (Fsp3) is 0.409. The van der Waals surface area contributed by atoms with Crippen LogP contribution < -0.4 is 14.8 Å². The lowest BCUT2D eigenvalue weighted by molar-refractivity contribution is 0.215. The molecular formula is C22H28ClNO3. The number of anilines is 1. The van der Waals surface area contributed by atoms with Crippen LogP contribution in [0.4, 0.5) is 10.5 Å². The Hall–Kier alpha value is -2.20. The first-order chi connectivity index (χ1) is 12.4. The molecule has 0 aliphatic carbocycles. The van der Waals surface area contributed by atoms with E-state index in [0.29, 0.717) is 22.2 Å². The Labute approximate surface area is 166 Å². The van der Waals surface area contributed by atoms with E-state index >= 15 is 0 Å². The van der Waals surface area contributed by atoms with Gasteiger partial charge in [-0.3, -0.25) is 5.32 Å². The summed E-state index contributed by atoms with van der Waals surface area (Å²) in [5, 5.41) is 3.11. The van der Waals surface area contributed by atoms with Crippen molar-refractivity contribution in [2.75, 3.05) is 12.4 Å². The van der Waals surface area contributed by atoms with E-state index in [4.69, 9.17) is 21.1 Å². The molecule has 27 heavy (non-hydrogen) atoms. The van der Waals surface area contributed by atoms with Gasteiger partial charge in [-0.2, -0.15) is 0 Å². The Morgan fingerprint density at radius 3 is 1.93 bits per heavy atom. The highest BCUT2D eigenvalue weighted by Crippen LogP contribution is 2.33. The van der Waals surface area contributed by atoms with Crippen molar-refractivity contribution < 1.29 is 14.3 Å². The molecule has 4 nitrogen and oxygen atoms in total. The van der Waals surface area contributed by atoms with E-state index in [1.807, 2.05) is 12.1 Å². The molecule has 146 valence electrons. The quantitative estimate of drug-likeness (QED) is 0.647. The lowest BCUT2D eigenvalue weighted by atomic mass is 9.80. The highest BCUT2D eigenvalue weighted by atomic mass is 35.5. The normalized spacial score (nSPS) is 11.9. The van der Waals surface area contributed by atoms with E-state index in [1.54, 1.807) is 18.2 Å². The molecule has 1 amide bonds. The second-order valence-corrected chi connectivity index (χ2v) is 9.02. The van der Waals surface area contributed by atoms with Crippen molar-refractivity contribution in [3.63, 3.8) is 0 Å². The first-order valence-corrected chi connectivity index (χ1v) is 9.26. The molecule has 0 fully saturated rings. The van der Waals surface area contributed by atoms with Crippen LogP contribution in [-0.2, 0) is 10.8 Å². The van der Waals surface area contributed by atoms with Crippen molar-refractivity contribution >= 4 is 23.4 Å². The van der Waals surface area contributed by atoms with E-state index < -0.39 is 6.09 Å². The molecule has 0 saturated carbocycles. The topological polar surface area (TPSA) is 47.6 Å². The van der Waals surface area contributed by atoms with Gasteiger partial charge in [0.1, 0.15) is 11.5 Å². The average Bonchev–Trinajstić information content (AvgIpc) is 2.53. The number of nitrogens with one attached hydrogen (secondary N) is 1. The first kappa shape index (κ1) is 21.1. The zero-order valence-electron chi connectivity index (χ0n) is 17.1. The molecule has 0 bridgehead atoms. The van der Waals surface area contributed by atoms with Crippen molar-refractivity contribution in [2.24, 2.45) is 0 Å². The summed E-state index contributed by atoms with van der Waals surface area (Å²) in [5.41, 5.74) is 2.66. The van der Waals surface area contributed by atoms with Crippen molar-refractivity contribution in [3.8, 4) is 11.5 Å². The molecule has 2 aromatic rings. The second kappa shape index (κ2) is 7.81. The van der Waals surface area contributed by atoms with Gasteiger partial charge < -0.3 is 9.47 Å². The molecule has 2 rings (SSSR count). The minimum absolute atomic E-state index is 0.0562. The second-order valence-electron chi connectivity index (χ2n) is 8.61. The molecular weight excluding hydrogens is 362 g/mol. The van der Waals surface area contributed by atoms with Crippen LogP contribution in [0.5, 0.6) is 11.5 Å². The lowest BCUT2D eigenvalue weighted by Gasteiger charge is -2.25. The standard InChI is InChI=1S/C22H28ClNO3/c1-21(2,3)14-10-15(22(4,5)6)12-17(11-14)27-20(25)24-16-8-9-19(26-7)18(23)13-16/h8-13H,1-7H3,(H,24,25). The fourth-order valence-corrected chi connectivity index (χ4v) is 2.78. The van der Waals surface area contributed by atoms with Gasteiger partial charge in [-0.25, -0.2) is 4.79 Å². The van der Waals surface area contributed by atoms with Crippen LogP contribution in [0, 0.1) is 0 Å². The Morgan fingerprint density at radius 1 is 0.926 bits per heavy atom. The maximum absolute atomic E-state index is 12.4. The van der Waals surface area contributed by atoms with Crippen molar-refractivity contribution in [1.29, 1.82) is 0 Å². The monoisotopic (exact) mass is 389 g/mol. The van der Waals surface area contributed by atoms with Gasteiger partial charge in [0.15, 0.2) is 0 Å². The molecule has 0 aliphatic rings. The van der Waals surface area contributed by atoms with Gasteiger partial charge in [-0.15, -0.1) is 0 Å². The molecule has 5 heteroatoms. The number of benzene rings is 2. The molecule has 1 N–H and O–H groups in total. The number of amides is 1. The van der Waals surface area contributed by atoms with Gasteiger partial charge in [0, 0.05) is 5.69 Å². The smallest absolute Gasteiger partial charge is 0.417 e. The van der Waals surface area contributed by atoms with E-state index in [2.05, 4.69) is 52.9 Å². The molecule has 2 aromatic carbocycles. The largest absolute Gasteiger partial charge is 0.495 e. The molecule has 0 aliphatic heterocycles. The number of carbonyl (C=O) groups excluding carboxylic acids is 1. The molecule has 0 atom stereocenters. The number of halogens is 1. The Kier molecular flexibility index (Phi) is 6.10. The van der Waals surface area contributed by atoms with Crippen molar-refractivity contribution in [1.82, 2.24) is 0 Å². The summed E-state index contributed by atoms with van der Waals surface area (Å²) >= 11 is 6.10. The highest BCUT2D eigenvalue weighted by Gasteiger charge is 2.21. The maximum Gasteiger partial charge on any atom is 0.417 e. The van der Waals surface area contributed by atoms with Crippen LogP contribution in [-0.4, -0.2) is 13.2 Å². The summed E-state index contributed by atoms with van der Waals surface area (Å²) in [5.74, 6) is 1.06. The van der Waals surface area contributed by atoms with Crippen molar-refractivity contribution in [2.45, 2.75) is 52.4 Å². The van der Waals surface area contributed by atoms with E-state index in [9.17, 15) is 4.79 Å². The van der Waals surface area contributed by atoms with Gasteiger partial charge in [-0.05, 0) is 52.3 Å². The Balaban J connectivity index is 2.25. The number of carbonyl (C=O) groups is 1. The zero-order chi connectivity index (χ0) is 20.4.